The van der Waals surface area contributed by atoms with Gasteiger partial charge >= 0.3 is 25.2 Å². The molecule has 1 aromatic rings. The Hall–Kier alpha value is -1.03. The number of nitrogens with zero attached hydrogens (tertiary/aromatic N) is 2. The number of rotatable bonds is 4. The second-order valence-electron chi connectivity index (χ2n) is 3.33. The van der Waals surface area contributed by atoms with Crippen molar-refractivity contribution in [2.75, 3.05) is 25.5 Å². The number of hydrogen-bond acceptors (Lipinski definition) is 4. The SMILES string of the molecule is CN(C)c1ccc(C=NCC(=O)[O-])cc1.[Cl][Cu]. The van der Waals surface area contributed by atoms with Crippen LogP contribution in [0.5, 0.6) is 0 Å². The first-order chi connectivity index (χ1) is 8.09. The molecule has 0 bridgehead atoms. The van der Waals surface area contributed by atoms with Crippen LogP contribution in [0.25, 0.3) is 0 Å². The number of halogens is 1. The van der Waals surface area contributed by atoms with E-state index in [4.69, 9.17) is 0 Å². The van der Waals surface area contributed by atoms with Gasteiger partial charge in [0.1, 0.15) is 0 Å². The number of carbonyl (C=O) groups excluding carboxylic acids is 1. The molecule has 0 fully saturated rings. The Bertz CT molecular complexity index is 366. The predicted octanol–water partition coefficient (Wildman–Crippen LogP) is 0.608. The molecule has 17 heavy (non-hydrogen) atoms. The van der Waals surface area contributed by atoms with Gasteiger partial charge in [0.05, 0.1) is 12.5 Å². The molecule has 0 radical (unpaired) electrons. The molecular formula is C11H13ClCuN2O2-. The van der Waals surface area contributed by atoms with E-state index in [9.17, 15) is 9.90 Å². The second kappa shape index (κ2) is 9.05. The molecule has 98 valence electrons. The first-order valence-electron chi connectivity index (χ1n) is 4.68. The van der Waals surface area contributed by atoms with Gasteiger partial charge in [-0.3, -0.25) is 4.99 Å². The van der Waals surface area contributed by atoms with Gasteiger partial charge in [-0.1, -0.05) is 12.1 Å². The number of anilines is 1. The Kier molecular flexibility index (Phi) is 8.50. The van der Waals surface area contributed by atoms with Gasteiger partial charge in [0.25, 0.3) is 0 Å². The van der Waals surface area contributed by atoms with Crippen molar-refractivity contribution in [2.24, 2.45) is 4.99 Å². The van der Waals surface area contributed by atoms with E-state index < -0.39 is 5.97 Å². The van der Waals surface area contributed by atoms with Gasteiger partial charge in [-0.25, -0.2) is 0 Å². The molecule has 1 aromatic carbocycles. The van der Waals surface area contributed by atoms with E-state index in [1.54, 1.807) is 0 Å². The molecule has 0 spiro atoms. The summed E-state index contributed by atoms with van der Waals surface area (Å²) in [5.74, 6) is -1.17. The normalized spacial score (nSPS) is 9.71. The Morgan fingerprint density at radius 3 is 2.35 bits per heavy atom. The van der Waals surface area contributed by atoms with Crippen LogP contribution in [0.2, 0.25) is 0 Å². The van der Waals surface area contributed by atoms with E-state index in [1.807, 2.05) is 43.3 Å². The minimum absolute atomic E-state index is 0.296. The zero-order valence-corrected chi connectivity index (χ0v) is 11.2. The molecular weight excluding hydrogens is 291 g/mol. The van der Waals surface area contributed by atoms with E-state index in [-0.39, 0.29) is 6.54 Å². The number of aliphatic imine (C=N–C) groups is 1. The van der Waals surface area contributed by atoms with Gasteiger partial charge in [-0.05, 0) is 17.7 Å². The molecule has 0 N–H and O–H groups in total. The quantitative estimate of drug-likeness (QED) is 0.605. The van der Waals surface area contributed by atoms with Crippen molar-refractivity contribution in [1.29, 1.82) is 0 Å². The third-order valence-corrected chi connectivity index (χ3v) is 1.87. The molecule has 0 atom stereocenters. The maximum absolute atomic E-state index is 10.1. The standard InChI is InChI=1S/C11H14N2O2.ClH.Cu/c1-13(2)10-5-3-9(4-6-10)7-12-8-11(14)15;;/h3-7H,8H2,1-2H3,(H,14,15);1H;/q;;+1/p-2. The van der Waals surface area contributed by atoms with Crippen LogP contribution in [-0.4, -0.2) is 32.8 Å². The van der Waals surface area contributed by atoms with Crippen molar-refractivity contribution in [1.82, 2.24) is 0 Å². The fourth-order valence-electron chi connectivity index (χ4n) is 1.08. The van der Waals surface area contributed by atoms with Crippen molar-refractivity contribution in [2.45, 2.75) is 0 Å². The third-order valence-electron chi connectivity index (χ3n) is 1.87. The number of carboxylic acids is 1. The van der Waals surface area contributed by atoms with Crippen molar-refractivity contribution < 1.29 is 25.0 Å². The summed E-state index contributed by atoms with van der Waals surface area (Å²) < 4.78 is 0. The average Bonchev–Trinajstić information content (AvgIpc) is 2.32. The van der Waals surface area contributed by atoms with Crippen LogP contribution in [0.1, 0.15) is 5.56 Å². The molecule has 0 aliphatic carbocycles. The maximum atomic E-state index is 10.1. The summed E-state index contributed by atoms with van der Waals surface area (Å²) in [4.78, 5) is 15.8. The summed E-state index contributed by atoms with van der Waals surface area (Å²) in [5.41, 5.74) is 1.97. The monoisotopic (exact) mass is 303 g/mol. The number of aliphatic carboxylic acids is 1. The first-order valence-corrected chi connectivity index (χ1v) is 5.97. The second-order valence-corrected chi connectivity index (χ2v) is 3.33. The summed E-state index contributed by atoms with van der Waals surface area (Å²) in [7, 11) is 8.12. The van der Waals surface area contributed by atoms with Crippen LogP contribution < -0.4 is 10.0 Å². The van der Waals surface area contributed by atoms with Crippen molar-refractivity contribution >= 4 is 28.0 Å². The molecule has 0 aromatic heterocycles. The van der Waals surface area contributed by atoms with Crippen molar-refractivity contribution in [3.05, 3.63) is 29.8 Å². The minimum atomic E-state index is -1.17. The summed E-state index contributed by atoms with van der Waals surface area (Å²) in [6.45, 7) is -0.296. The van der Waals surface area contributed by atoms with E-state index in [1.165, 1.54) is 6.21 Å². The van der Waals surface area contributed by atoms with E-state index in [2.05, 4.69) is 30.2 Å². The van der Waals surface area contributed by atoms with Crippen LogP contribution in [0.15, 0.2) is 29.3 Å². The summed E-state index contributed by atoms with van der Waals surface area (Å²) >= 11 is 3.66. The van der Waals surface area contributed by atoms with Crippen LogP contribution in [-0.2, 0) is 19.9 Å². The third kappa shape index (κ3) is 7.00. The number of carboxylic acid groups (broad SMARTS) is 1. The van der Waals surface area contributed by atoms with Gasteiger partial charge in [0, 0.05) is 26.0 Å². The predicted molar refractivity (Wildman–Crippen MR) is 64.1 cm³/mol. The first kappa shape index (κ1) is 16.0. The fourth-order valence-corrected chi connectivity index (χ4v) is 1.08. The Labute approximate surface area is 113 Å². The molecule has 0 unspecified atom stereocenters. The van der Waals surface area contributed by atoms with Gasteiger partial charge < -0.3 is 14.8 Å². The Morgan fingerprint density at radius 2 is 1.94 bits per heavy atom. The van der Waals surface area contributed by atoms with Gasteiger partial charge in [-0.2, -0.15) is 0 Å². The van der Waals surface area contributed by atoms with E-state index in [0.717, 1.165) is 11.3 Å². The van der Waals surface area contributed by atoms with E-state index in [0.29, 0.717) is 0 Å². The molecule has 0 saturated heterocycles. The topological polar surface area (TPSA) is 55.7 Å². The zero-order valence-electron chi connectivity index (χ0n) is 9.48. The van der Waals surface area contributed by atoms with Gasteiger partial charge in [0.15, 0.2) is 0 Å². The Balaban J connectivity index is 0.00000121. The molecule has 6 heteroatoms. The van der Waals surface area contributed by atoms with Crippen LogP contribution in [0.3, 0.4) is 0 Å². The van der Waals surface area contributed by atoms with Gasteiger partial charge in [0.2, 0.25) is 0 Å². The van der Waals surface area contributed by atoms with Gasteiger partial charge in [-0.15, -0.1) is 0 Å². The molecule has 0 aliphatic heterocycles. The molecule has 1 rings (SSSR count). The summed E-state index contributed by atoms with van der Waals surface area (Å²) in [6.07, 6.45) is 1.52. The number of hydrogen-bond donors (Lipinski definition) is 0. The molecule has 0 amide bonds. The summed E-state index contributed by atoms with van der Waals surface area (Å²) in [5, 5.41) is 10.1. The molecule has 0 saturated carbocycles. The Morgan fingerprint density at radius 1 is 1.41 bits per heavy atom. The fraction of sp³-hybridized carbons (Fsp3) is 0.273. The molecule has 4 nitrogen and oxygen atoms in total. The van der Waals surface area contributed by atoms with Crippen molar-refractivity contribution in [3.63, 3.8) is 0 Å². The van der Waals surface area contributed by atoms with Crippen LogP contribution >= 0.6 is 10.1 Å². The van der Waals surface area contributed by atoms with Crippen LogP contribution in [0.4, 0.5) is 5.69 Å². The molecule has 0 heterocycles. The summed E-state index contributed by atoms with van der Waals surface area (Å²) in [6, 6.07) is 7.66. The van der Waals surface area contributed by atoms with Crippen molar-refractivity contribution in [3.8, 4) is 0 Å². The number of carbonyl (C=O) groups is 1. The number of benzene rings is 1. The van der Waals surface area contributed by atoms with E-state index >= 15 is 0 Å². The van der Waals surface area contributed by atoms with Crippen LogP contribution in [0, 0.1) is 0 Å². The molecule has 0 aliphatic rings. The zero-order chi connectivity index (χ0) is 13.3. The average molecular weight is 304 g/mol.